The first-order chi connectivity index (χ1) is 6.64. The fraction of sp³-hybridized carbons (Fsp3) is 0.500. The predicted molar refractivity (Wildman–Crippen MR) is 78.0 cm³/mol. The van der Waals surface area contributed by atoms with Crippen LogP contribution in [0.4, 0.5) is 0 Å². The van der Waals surface area contributed by atoms with Crippen LogP contribution in [-0.2, 0) is 12.6 Å². The van der Waals surface area contributed by atoms with E-state index in [0.717, 1.165) is 4.90 Å². The molecule has 0 amide bonds. The molecule has 0 radical (unpaired) electrons. The molecular formula is C12H21LiSSi2. The van der Waals surface area contributed by atoms with E-state index in [4.69, 9.17) is 12.6 Å². The summed E-state index contributed by atoms with van der Waals surface area (Å²) in [5.74, 6) is 0. The van der Waals surface area contributed by atoms with Crippen molar-refractivity contribution in [2.75, 3.05) is 0 Å². The van der Waals surface area contributed by atoms with Gasteiger partial charge in [-0.1, -0.05) is 67.9 Å². The van der Waals surface area contributed by atoms with E-state index in [9.17, 15) is 0 Å². The fourth-order valence-corrected chi connectivity index (χ4v) is 6.64. The van der Waals surface area contributed by atoms with E-state index in [1.54, 1.807) is 0 Å². The van der Waals surface area contributed by atoms with Crippen LogP contribution in [0.15, 0.2) is 23.1 Å². The van der Waals surface area contributed by atoms with Crippen molar-refractivity contribution in [3.05, 3.63) is 18.2 Å². The zero-order valence-corrected chi connectivity index (χ0v) is 14.5. The Morgan fingerprint density at radius 1 is 0.812 bits per heavy atom. The van der Waals surface area contributed by atoms with Crippen molar-refractivity contribution in [1.29, 1.82) is 0 Å². The van der Waals surface area contributed by atoms with E-state index < -0.39 is 16.1 Å². The molecule has 1 aromatic rings. The van der Waals surface area contributed by atoms with Crippen molar-refractivity contribution in [3.63, 3.8) is 0 Å². The van der Waals surface area contributed by atoms with Gasteiger partial charge in [0.25, 0.3) is 0 Å². The number of hydrogen-bond acceptors (Lipinski definition) is 1. The van der Waals surface area contributed by atoms with Crippen LogP contribution in [0.5, 0.6) is 0 Å². The van der Waals surface area contributed by atoms with Crippen LogP contribution in [0.25, 0.3) is 0 Å². The molecule has 0 fully saturated rings. The minimum absolute atomic E-state index is 0. The smallest absolute Gasteiger partial charge is 0.780 e. The second kappa shape index (κ2) is 5.41. The molecule has 0 N–H and O–H groups in total. The van der Waals surface area contributed by atoms with E-state index in [2.05, 4.69) is 57.5 Å². The Kier molecular flexibility index (Phi) is 5.57. The van der Waals surface area contributed by atoms with Crippen LogP contribution in [-0.4, -0.2) is 16.1 Å². The van der Waals surface area contributed by atoms with Crippen molar-refractivity contribution in [2.24, 2.45) is 0 Å². The monoisotopic (exact) mass is 260 g/mol. The maximum absolute atomic E-state index is 5.66. The Morgan fingerprint density at radius 3 is 1.38 bits per heavy atom. The number of benzene rings is 1. The molecule has 0 heterocycles. The topological polar surface area (TPSA) is 0 Å². The van der Waals surface area contributed by atoms with Crippen molar-refractivity contribution < 1.29 is 18.9 Å². The van der Waals surface area contributed by atoms with Gasteiger partial charge in [-0.15, -0.1) is 0 Å². The van der Waals surface area contributed by atoms with Gasteiger partial charge in [-0.25, -0.2) is 0 Å². The third kappa shape index (κ3) is 3.75. The molecular weight excluding hydrogens is 239 g/mol. The Balaban J connectivity index is 0.00000225. The minimum Gasteiger partial charge on any atom is -0.780 e. The molecule has 0 bridgehead atoms. The average Bonchev–Trinajstić information content (AvgIpc) is 1.99. The summed E-state index contributed by atoms with van der Waals surface area (Å²) in [7, 11) is -2.54. The molecule has 0 spiro atoms. The Hall–Kier alpha value is 0.471. The van der Waals surface area contributed by atoms with E-state index >= 15 is 0 Å². The van der Waals surface area contributed by atoms with E-state index in [1.807, 2.05) is 0 Å². The first-order valence-electron chi connectivity index (χ1n) is 5.45. The molecule has 0 aliphatic carbocycles. The number of hydrogen-bond donors (Lipinski definition) is 0. The molecule has 0 unspecified atom stereocenters. The van der Waals surface area contributed by atoms with Crippen LogP contribution < -0.4 is 29.2 Å². The molecule has 0 saturated carbocycles. The molecule has 1 rings (SSSR count). The largest absolute Gasteiger partial charge is 1.00 e. The van der Waals surface area contributed by atoms with Crippen LogP contribution >= 0.6 is 0 Å². The quantitative estimate of drug-likeness (QED) is 0.519. The minimum atomic E-state index is -1.27. The third-order valence-electron chi connectivity index (χ3n) is 2.63. The van der Waals surface area contributed by atoms with Gasteiger partial charge in [0.2, 0.25) is 0 Å². The summed E-state index contributed by atoms with van der Waals surface area (Å²) in [5.41, 5.74) is 0. The van der Waals surface area contributed by atoms with Crippen LogP contribution in [0.2, 0.25) is 39.3 Å². The molecule has 0 atom stereocenters. The molecule has 84 valence electrons. The van der Waals surface area contributed by atoms with Crippen LogP contribution in [0.3, 0.4) is 0 Å². The number of rotatable bonds is 2. The molecule has 0 aromatic heterocycles. The molecule has 0 aliphatic rings. The first-order valence-corrected chi connectivity index (χ1v) is 12.9. The van der Waals surface area contributed by atoms with Gasteiger partial charge in [-0.2, -0.15) is 4.90 Å². The Bertz CT molecular complexity index is 332. The second-order valence-electron chi connectivity index (χ2n) is 6.18. The first kappa shape index (κ1) is 16.5. The SMILES string of the molecule is C[Si](C)(C)c1cccc([Si](C)(C)C)c1[S-].[Li+]. The van der Waals surface area contributed by atoms with Gasteiger partial charge >= 0.3 is 18.9 Å². The summed E-state index contributed by atoms with van der Waals surface area (Å²) in [4.78, 5) is 1.16. The molecule has 0 nitrogen and oxygen atoms in total. The van der Waals surface area contributed by atoms with Gasteiger partial charge < -0.3 is 12.6 Å². The second-order valence-corrected chi connectivity index (χ2v) is 16.7. The van der Waals surface area contributed by atoms with Gasteiger partial charge in [0, 0.05) is 0 Å². The van der Waals surface area contributed by atoms with Gasteiger partial charge in [0.15, 0.2) is 0 Å². The van der Waals surface area contributed by atoms with Gasteiger partial charge in [0.1, 0.15) is 0 Å². The van der Waals surface area contributed by atoms with Crippen LogP contribution in [0, 0.1) is 0 Å². The van der Waals surface area contributed by atoms with E-state index in [0.29, 0.717) is 0 Å². The summed E-state index contributed by atoms with van der Waals surface area (Å²) in [6.45, 7) is 14.2. The standard InChI is InChI=1S/C12H22SSi2.Li/c1-14(2,3)10-8-7-9-11(12(10)13)15(4,5)6;/h7-9,13H,1-6H3;/q;+1/p-1. The third-order valence-corrected chi connectivity index (χ3v) is 7.50. The van der Waals surface area contributed by atoms with Crippen molar-refractivity contribution >= 4 is 39.1 Å². The zero-order chi connectivity index (χ0) is 11.9. The molecule has 1 aromatic carbocycles. The van der Waals surface area contributed by atoms with Gasteiger partial charge in [-0.3, -0.25) is 0 Å². The predicted octanol–water partition coefficient (Wildman–Crippen LogP) is -0.313. The van der Waals surface area contributed by atoms with Gasteiger partial charge in [-0.05, 0) is 0 Å². The van der Waals surface area contributed by atoms with Crippen molar-refractivity contribution in [3.8, 4) is 0 Å². The maximum Gasteiger partial charge on any atom is 1.00 e. The molecule has 0 saturated heterocycles. The summed E-state index contributed by atoms with van der Waals surface area (Å²) in [6.07, 6.45) is 0. The molecule has 16 heavy (non-hydrogen) atoms. The van der Waals surface area contributed by atoms with E-state index in [1.165, 1.54) is 10.4 Å². The summed E-state index contributed by atoms with van der Waals surface area (Å²) in [5, 5.41) is 2.91. The Labute approximate surface area is 120 Å². The average molecular weight is 260 g/mol. The van der Waals surface area contributed by atoms with Crippen molar-refractivity contribution in [1.82, 2.24) is 0 Å². The Morgan fingerprint density at radius 2 is 1.12 bits per heavy atom. The molecule has 0 aliphatic heterocycles. The normalized spacial score (nSPS) is 12.1. The summed E-state index contributed by atoms with van der Waals surface area (Å²) >= 11 is 5.66. The molecule has 4 heteroatoms. The fourth-order valence-electron chi connectivity index (χ4n) is 1.72. The summed E-state index contributed by atoms with van der Waals surface area (Å²) < 4.78 is 0. The van der Waals surface area contributed by atoms with E-state index in [-0.39, 0.29) is 18.9 Å². The van der Waals surface area contributed by atoms with Crippen molar-refractivity contribution in [2.45, 2.75) is 44.2 Å². The maximum atomic E-state index is 5.66. The zero-order valence-electron chi connectivity index (χ0n) is 11.6. The van der Waals surface area contributed by atoms with Crippen LogP contribution in [0.1, 0.15) is 0 Å². The van der Waals surface area contributed by atoms with Gasteiger partial charge in [0.05, 0.1) is 16.1 Å². The summed E-state index contributed by atoms with van der Waals surface area (Å²) in [6, 6.07) is 6.66.